The molecule has 1 aromatic carbocycles. The number of nitrogens with one attached hydrogen (secondary N) is 2. The molecule has 140 valence electrons. The largest absolute Gasteiger partial charge is 0.373 e. The fourth-order valence-corrected chi connectivity index (χ4v) is 3.79. The van der Waals surface area contributed by atoms with Gasteiger partial charge in [-0.05, 0) is 51.4 Å². The Labute approximate surface area is 159 Å². The third-order valence-electron chi connectivity index (χ3n) is 4.78. The number of amides is 1. The van der Waals surface area contributed by atoms with Crippen LogP contribution in [0.3, 0.4) is 0 Å². The molecule has 6 nitrogen and oxygen atoms in total. The third kappa shape index (κ3) is 4.04. The van der Waals surface area contributed by atoms with Gasteiger partial charge in [-0.1, -0.05) is 29.8 Å². The molecule has 1 amide bonds. The molecule has 7 heteroatoms. The molecule has 0 spiro atoms. The van der Waals surface area contributed by atoms with E-state index in [2.05, 4.69) is 46.7 Å². The molecule has 1 aromatic heterocycles. The van der Waals surface area contributed by atoms with Crippen molar-refractivity contribution >= 4 is 18.1 Å². The molecule has 0 unspecified atom stereocenters. The number of H-pyrrole nitrogens is 1. The van der Waals surface area contributed by atoms with Gasteiger partial charge in [0.1, 0.15) is 0 Å². The van der Waals surface area contributed by atoms with Gasteiger partial charge in [-0.25, -0.2) is 0 Å². The first-order valence-corrected chi connectivity index (χ1v) is 9.50. The maximum Gasteiger partial charge on any atom is 0.226 e. The lowest BCUT2D eigenvalue weighted by atomic mass is 9.88. The maximum atomic E-state index is 12.8. The number of ether oxygens (including phenoxy) is 1. The number of nitrogens with zero attached hydrogens (tertiary/aromatic N) is 2. The molecule has 3 rings (SSSR count). The van der Waals surface area contributed by atoms with Crippen molar-refractivity contribution < 1.29 is 9.53 Å². The van der Waals surface area contributed by atoms with Crippen molar-refractivity contribution in [2.24, 2.45) is 5.92 Å². The lowest BCUT2D eigenvalue weighted by Gasteiger charge is -2.31. The quantitative estimate of drug-likeness (QED) is 0.784. The highest BCUT2D eigenvalue weighted by Gasteiger charge is 2.33. The molecular formula is C19H26N4O2S. The lowest BCUT2D eigenvalue weighted by molar-refractivity contribution is -0.135. The van der Waals surface area contributed by atoms with Crippen LogP contribution in [0.25, 0.3) is 0 Å². The van der Waals surface area contributed by atoms with Crippen LogP contribution in [0, 0.1) is 17.6 Å². The van der Waals surface area contributed by atoms with Crippen LogP contribution < -0.4 is 5.32 Å². The van der Waals surface area contributed by atoms with Gasteiger partial charge in [0.05, 0.1) is 18.6 Å². The standard InChI is InChI=1S/C19H26N4O2S/c1-12(2)23-16(21-22-19(23)26)11-20-18(24)15-5-4-10-25-17(15)14-8-6-13(3)7-9-14/h6-9,12,15,17H,4-5,10-11H2,1-3H3,(H,20,24)(H,22,26)/t15-,17+/m0/s1. The van der Waals surface area contributed by atoms with Crippen LogP contribution in [0.5, 0.6) is 0 Å². The Morgan fingerprint density at radius 1 is 1.42 bits per heavy atom. The Balaban J connectivity index is 1.71. The van der Waals surface area contributed by atoms with E-state index in [0.29, 0.717) is 17.9 Å². The van der Waals surface area contributed by atoms with E-state index in [4.69, 9.17) is 17.0 Å². The third-order valence-corrected chi connectivity index (χ3v) is 5.07. The minimum Gasteiger partial charge on any atom is -0.373 e. The van der Waals surface area contributed by atoms with Crippen LogP contribution in [0.2, 0.25) is 0 Å². The van der Waals surface area contributed by atoms with E-state index in [1.54, 1.807) is 0 Å². The number of carbonyl (C=O) groups excluding carboxylic acids is 1. The summed E-state index contributed by atoms with van der Waals surface area (Å²) in [4.78, 5) is 12.8. The van der Waals surface area contributed by atoms with Crippen LogP contribution in [0.1, 0.15) is 55.8 Å². The predicted molar refractivity (Wildman–Crippen MR) is 102 cm³/mol. The van der Waals surface area contributed by atoms with Gasteiger partial charge < -0.3 is 14.6 Å². The van der Waals surface area contributed by atoms with Crippen molar-refractivity contribution in [3.63, 3.8) is 0 Å². The van der Waals surface area contributed by atoms with Crippen molar-refractivity contribution in [2.45, 2.75) is 52.3 Å². The normalized spacial score (nSPS) is 20.3. The molecule has 0 radical (unpaired) electrons. The zero-order chi connectivity index (χ0) is 18.7. The minimum atomic E-state index is -0.199. The summed E-state index contributed by atoms with van der Waals surface area (Å²) >= 11 is 5.26. The number of hydrogen-bond donors (Lipinski definition) is 2. The van der Waals surface area contributed by atoms with Crippen LogP contribution in [0.15, 0.2) is 24.3 Å². The Morgan fingerprint density at radius 2 is 2.15 bits per heavy atom. The number of carbonyl (C=O) groups is 1. The maximum absolute atomic E-state index is 12.8. The van der Waals surface area contributed by atoms with Crippen molar-refractivity contribution in [2.75, 3.05) is 6.61 Å². The first-order valence-electron chi connectivity index (χ1n) is 9.09. The van der Waals surface area contributed by atoms with Gasteiger partial charge in [0, 0.05) is 12.6 Å². The molecule has 2 aromatic rings. The number of rotatable bonds is 5. The number of aromatic amines is 1. The van der Waals surface area contributed by atoms with E-state index in [1.165, 1.54) is 5.56 Å². The highest BCUT2D eigenvalue weighted by molar-refractivity contribution is 7.71. The summed E-state index contributed by atoms with van der Waals surface area (Å²) in [5.41, 5.74) is 2.25. The van der Waals surface area contributed by atoms with Gasteiger partial charge in [0.15, 0.2) is 10.6 Å². The summed E-state index contributed by atoms with van der Waals surface area (Å²) in [6, 6.07) is 8.41. The monoisotopic (exact) mass is 374 g/mol. The Hall–Kier alpha value is -1.99. The average molecular weight is 375 g/mol. The molecule has 26 heavy (non-hydrogen) atoms. The number of hydrogen-bond acceptors (Lipinski definition) is 4. The average Bonchev–Trinajstić information content (AvgIpc) is 3.01. The van der Waals surface area contributed by atoms with E-state index < -0.39 is 0 Å². The van der Waals surface area contributed by atoms with E-state index in [9.17, 15) is 4.79 Å². The first-order chi connectivity index (χ1) is 12.5. The SMILES string of the molecule is Cc1ccc([C@H]2OCCC[C@@H]2C(=O)NCc2n[nH]c(=S)n2C(C)C)cc1. The lowest BCUT2D eigenvalue weighted by Crippen LogP contribution is -2.37. The summed E-state index contributed by atoms with van der Waals surface area (Å²) in [5, 5.41) is 10.1. The van der Waals surface area contributed by atoms with Gasteiger partial charge >= 0.3 is 0 Å². The molecule has 0 bridgehead atoms. The summed E-state index contributed by atoms with van der Waals surface area (Å²) in [5.74, 6) is 0.544. The van der Waals surface area contributed by atoms with Gasteiger partial charge in [-0.3, -0.25) is 9.89 Å². The first kappa shape index (κ1) is 18.8. The van der Waals surface area contributed by atoms with Crippen molar-refractivity contribution in [1.29, 1.82) is 0 Å². The summed E-state index contributed by atoms with van der Waals surface area (Å²) in [7, 11) is 0. The highest BCUT2D eigenvalue weighted by atomic mass is 32.1. The number of aryl methyl sites for hydroxylation is 1. The van der Waals surface area contributed by atoms with Gasteiger partial charge in [0.25, 0.3) is 0 Å². The number of aromatic nitrogens is 3. The predicted octanol–water partition coefficient (Wildman–Crippen LogP) is 3.61. The second kappa shape index (κ2) is 8.14. The molecule has 1 saturated heterocycles. The van der Waals surface area contributed by atoms with Crippen molar-refractivity contribution in [3.05, 3.63) is 46.0 Å². The van der Waals surface area contributed by atoms with Crippen LogP contribution in [-0.4, -0.2) is 27.3 Å². The van der Waals surface area contributed by atoms with Crippen molar-refractivity contribution in [3.8, 4) is 0 Å². The summed E-state index contributed by atoms with van der Waals surface area (Å²) in [6.45, 7) is 7.17. The molecule has 2 N–H and O–H groups in total. The van der Waals surface area contributed by atoms with Gasteiger partial charge in [-0.2, -0.15) is 5.10 Å². The molecule has 2 atom stereocenters. The zero-order valence-corrected chi connectivity index (χ0v) is 16.3. The van der Waals surface area contributed by atoms with Crippen LogP contribution >= 0.6 is 12.2 Å². The number of benzene rings is 1. The Kier molecular flexibility index (Phi) is 5.88. The highest BCUT2D eigenvalue weighted by Crippen LogP contribution is 2.34. The van der Waals surface area contributed by atoms with Crippen molar-refractivity contribution in [1.82, 2.24) is 20.1 Å². The fraction of sp³-hybridized carbons (Fsp3) is 0.526. The minimum absolute atomic E-state index is 0.000463. The van der Waals surface area contributed by atoms with Gasteiger partial charge in [0.2, 0.25) is 5.91 Å². The molecule has 0 aliphatic carbocycles. The van der Waals surface area contributed by atoms with E-state index in [-0.39, 0.29) is 24.0 Å². The second-order valence-corrected chi connectivity index (χ2v) is 7.46. The van der Waals surface area contributed by atoms with E-state index in [1.807, 2.05) is 18.4 Å². The van der Waals surface area contributed by atoms with E-state index >= 15 is 0 Å². The smallest absolute Gasteiger partial charge is 0.226 e. The fourth-order valence-electron chi connectivity index (χ4n) is 3.43. The molecule has 2 heterocycles. The van der Waals surface area contributed by atoms with Crippen LogP contribution in [-0.2, 0) is 16.1 Å². The Bertz CT molecular complexity index is 810. The van der Waals surface area contributed by atoms with E-state index in [0.717, 1.165) is 24.2 Å². The molecule has 1 aliphatic heterocycles. The Morgan fingerprint density at radius 3 is 2.85 bits per heavy atom. The molecule has 1 fully saturated rings. The zero-order valence-electron chi connectivity index (χ0n) is 15.5. The second-order valence-electron chi connectivity index (χ2n) is 7.08. The molecule has 0 saturated carbocycles. The summed E-state index contributed by atoms with van der Waals surface area (Å²) < 4.78 is 8.44. The van der Waals surface area contributed by atoms with Gasteiger partial charge in [-0.15, -0.1) is 0 Å². The summed E-state index contributed by atoms with van der Waals surface area (Å²) in [6.07, 6.45) is 1.52. The van der Waals surface area contributed by atoms with Crippen LogP contribution in [0.4, 0.5) is 0 Å². The molecule has 1 aliphatic rings. The topological polar surface area (TPSA) is 71.9 Å². The molecular weight excluding hydrogens is 348 g/mol.